The van der Waals surface area contributed by atoms with Crippen molar-refractivity contribution in [3.63, 3.8) is 0 Å². The molecule has 0 radical (unpaired) electrons. The van der Waals surface area contributed by atoms with E-state index in [0.29, 0.717) is 5.01 Å². The Kier molecular flexibility index (Phi) is 5.51. The average molecular weight is 283 g/mol. The van der Waals surface area contributed by atoms with Gasteiger partial charge < -0.3 is 15.8 Å². The summed E-state index contributed by atoms with van der Waals surface area (Å²) in [7, 11) is 0. The fraction of sp³-hybridized carbons (Fsp3) is 0.556. The van der Waals surface area contributed by atoms with Crippen LogP contribution in [0.3, 0.4) is 0 Å². The molecule has 0 aromatic carbocycles. The van der Waals surface area contributed by atoms with Crippen molar-refractivity contribution in [2.75, 3.05) is 19.8 Å². The zero-order chi connectivity index (χ0) is 13.6. The van der Waals surface area contributed by atoms with Crippen LogP contribution in [0.25, 0.3) is 0 Å². The molecule has 0 atom stereocenters. The number of alkyl halides is 3. The molecule has 1 rings (SSSR count). The van der Waals surface area contributed by atoms with Crippen molar-refractivity contribution < 1.29 is 22.7 Å². The molecule has 1 amide bonds. The molecule has 0 bridgehead atoms. The van der Waals surface area contributed by atoms with Crippen LogP contribution >= 0.6 is 11.3 Å². The van der Waals surface area contributed by atoms with Crippen molar-refractivity contribution in [3.05, 3.63) is 16.1 Å². The van der Waals surface area contributed by atoms with Crippen molar-refractivity contribution in [2.24, 2.45) is 5.73 Å². The number of aromatic nitrogens is 1. The highest BCUT2D eigenvalue weighted by Crippen LogP contribution is 2.14. The van der Waals surface area contributed by atoms with Gasteiger partial charge in [-0.3, -0.25) is 4.79 Å². The summed E-state index contributed by atoms with van der Waals surface area (Å²) in [6.07, 6.45) is -4.35. The summed E-state index contributed by atoms with van der Waals surface area (Å²) in [6.45, 7) is -1.30. The molecular weight excluding hydrogens is 271 g/mol. The highest BCUT2D eigenvalue weighted by atomic mass is 32.1. The quantitative estimate of drug-likeness (QED) is 0.761. The highest BCUT2D eigenvalue weighted by molar-refractivity contribution is 7.09. The summed E-state index contributed by atoms with van der Waals surface area (Å²) in [5.41, 5.74) is 5.54. The molecule has 1 aromatic heterocycles. The Morgan fingerprint density at radius 2 is 2.28 bits per heavy atom. The second-order valence-corrected chi connectivity index (χ2v) is 4.20. The van der Waals surface area contributed by atoms with Crippen LogP contribution in [0.5, 0.6) is 0 Å². The minimum absolute atomic E-state index is 0.00953. The summed E-state index contributed by atoms with van der Waals surface area (Å²) in [6, 6.07) is 0. The van der Waals surface area contributed by atoms with Crippen LogP contribution in [0, 0.1) is 0 Å². The lowest BCUT2D eigenvalue weighted by molar-refractivity contribution is -0.173. The summed E-state index contributed by atoms with van der Waals surface area (Å²) < 4.78 is 39.5. The third-order valence-electron chi connectivity index (χ3n) is 1.76. The van der Waals surface area contributed by atoms with Crippen LogP contribution in [0.2, 0.25) is 0 Å². The van der Waals surface area contributed by atoms with E-state index < -0.39 is 18.7 Å². The van der Waals surface area contributed by atoms with Gasteiger partial charge in [0.1, 0.15) is 17.3 Å². The molecule has 0 fully saturated rings. The molecule has 0 aliphatic heterocycles. The number of nitrogens with two attached hydrogens (primary N) is 1. The van der Waals surface area contributed by atoms with Crippen molar-refractivity contribution in [1.29, 1.82) is 0 Å². The van der Waals surface area contributed by atoms with Gasteiger partial charge in [-0.2, -0.15) is 13.2 Å². The van der Waals surface area contributed by atoms with Gasteiger partial charge in [-0.1, -0.05) is 0 Å². The molecule has 0 spiro atoms. The molecule has 0 saturated carbocycles. The number of carbonyl (C=O) groups excluding carboxylic acids is 1. The fourth-order valence-electron chi connectivity index (χ4n) is 1.02. The van der Waals surface area contributed by atoms with Crippen LogP contribution < -0.4 is 11.1 Å². The Bertz CT molecular complexity index is 395. The molecule has 9 heteroatoms. The lowest BCUT2D eigenvalue weighted by atomic mass is 10.4. The number of nitrogens with one attached hydrogen (secondary N) is 1. The van der Waals surface area contributed by atoms with E-state index in [0.717, 1.165) is 0 Å². The van der Waals surface area contributed by atoms with Gasteiger partial charge in [-0.15, -0.1) is 11.3 Å². The fourth-order valence-corrected chi connectivity index (χ4v) is 1.68. The molecule has 1 aromatic rings. The first-order valence-electron chi connectivity index (χ1n) is 4.99. The van der Waals surface area contributed by atoms with Gasteiger partial charge in [-0.25, -0.2) is 4.98 Å². The SMILES string of the molecule is NCc1nc(C(=O)NCCOCC(F)(F)F)cs1. The van der Waals surface area contributed by atoms with E-state index in [-0.39, 0.29) is 25.4 Å². The Hall–Kier alpha value is -1.19. The number of hydrogen-bond donors (Lipinski definition) is 2. The molecule has 3 N–H and O–H groups in total. The Morgan fingerprint density at radius 3 is 2.83 bits per heavy atom. The van der Waals surface area contributed by atoms with E-state index in [9.17, 15) is 18.0 Å². The topological polar surface area (TPSA) is 77.2 Å². The van der Waals surface area contributed by atoms with Crippen LogP contribution in [-0.2, 0) is 11.3 Å². The molecule has 0 saturated heterocycles. The van der Waals surface area contributed by atoms with Gasteiger partial charge in [-0.05, 0) is 0 Å². The van der Waals surface area contributed by atoms with Gasteiger partial charge in [0.25, 0.3) is 5.91 Å². The largest absolute Gasteiger partial charge is 0.411 e. The molecule has 18 heavy (non-hydrogen) atoms. The number of hydrogen-bond acceptors (Lipinski definition) is 5. The number of ether oxygens (including phenoxy) is 1. The van der Waals surface area contributed by atoms with Crippen LogP contribution in [0.1, 0.15) is 15.5 Å². The summed E-state index contributed by atoms with van der Waals surface area (Å²) in [4.78, 5) is 15.4. The van der Waals surface area contributed by atoms with Gasteiger partial charge in [0.2, 0.25) is 0 Å². The lowest BCUT2D eigenvalue weighted by Crippen LogP contribution is -2.29. The normalized spacial score (nSPS) is 11.6. The van der Waals surface area contributed by atoms with Crippen molar-refractivity contribution >= 4 is 17.2 Å². The minimum Gasteiger partial charge on any atom is -0.370 e. The van der Waals surface area contributed by atoms with Crippen molar-refractivity contribution in [1.82, 2.24) is 10.3 Å². The molecule has 102 valence electrons. The van der Waals surface area contributed by atoms with E-state index in [1.165, 1.54) is 16.7 Å². The second kappa shape index (κ2) is 6.66. The van der Waals surface area contributed by atoms with Crippen LogP contribution in [0.15, 0.2) is 5.38 Å². The van der Waals surface area contributed by atoms with E-state index >= 15 is 0 Å². The molecule has 1 heterocycles. The minimum atomic E-state index is -4.35. The molecule has 0 unspecified atom stereocenters. The number of carbonyl (C=O) groups is 1. The summed E-state index contributed by atoms with van der Waals surface area (Å²) >= 11 is 1.25. The van der Waals surface area contributed by atoms with Crippen molar-refractivity contribution in [3.8, 4) is 0 Å². The van der Waals surface area contributed by atoms with Crippen molar-refractivity contribution in [2.45, 2.75) is 12.7 Å². The summed E-state index contributed by atoms with van der Waals surface area (Å²) in [5.74, 6) is -0.457. The van der Waals surface area contributed by atoms with Gasteiger partial charge in [0, 0.05) is 18.5 Å². The second-order valence-electron chi connectivity index (χ2n) is 3.25. The Balaban J connectivity index is 2.21. The van der Waals surface area contributed by atoms with Gasteiger partial charge >= 0.3 is 6.18 Å². The van der Waals surface area contributed by atoms with Crippen LogP contribution in [-0.4, -0.2) is 36.8 Å². The van der Waals surface area contributed by atoms with E-state index in [1.54, 1.807) is 0 Å². The molecule has 5 nitrogen and oxygen atoms in total. The first kappa shape index (κ1) is 14.9. The zero-order valence-electron chi connectivity index (χ0n) is 9.29. The maximum absolute atomic E-state index is 11.7. The Labute approximate surface area is 105 Å². The number of rotatable bonds is 6. The number of amides is 1. The third kappa shape index (κ3) is 5.43. The zero-order valence-corrected chi connectivity index (χ0v) is 10.1. The molecular formula is C9H12F3N3O2S. The maximum Gasteiger partial charge on any atom is 0.411 e. The summed E-state index contributed by atoms with van der Waals surface area (Å²) in [5, 5.41) is 4.55. The maximum atomic E-state index is 11.7. The predicted octanol–water partition coefficient (Wildman–Crippen LogP) is 0.910. The smallest absolute Gasteiger partial charge is 0.370 e. The predicted molar refractivity (Wildman–Crippen MR) is 59.2 cm³/mol. The van der Waals surface area contributed by atoms with Gasteiger partial charge in [0.05, 0.1) is 6.61 Å². The Morgan fingerprint density at radius 1 is 1.56 bits per heavy atom. The molecule has 0 aliphatic rings. The third-order valence-corrected chi connectivity index (χ3v) is 2.63. The first-order valence-corrected chi connectivity index (χ1v) is 5.87. The lowest BCUT2D eigenvalue weighted by Gasteiger charge is -2.07. The number of halogens is 3. The highest BCUT2D eigenvalue weighted by Gasteiger charge is 2.27. The van der Waals surface area contributed by atoms with E-state index in [2.05, 4.69) is 15.0 Å². The molecule has 0 aliphatic carbocycles. The monoisotopic (exact) mass is 283 g/mol. The average Bonchev–Trinajstić information content (AvgIpc) is 2.75. The van der Waals surface area contributed by atoms with E-state index in [4.69, 9.17) is 5.73 Å². The standard InChI is InChI=1S/C9H12F3N3O2S/c10-9(11,12)5-17-2-1-14-8(16)6-4-18-7(3-13)15-6/h4H,1-3,5,13H2,(H,14,16). The number of thiazole rings is 1. The van der Waals surface area contributed by atoms with Crippen LogP contribution in [0.4, 0.5) is 13.2 Å². The first-order chi connectivity index (χ1) is 8.42. The number of nitrogens with zero attached hydrogens (tertiary/aromatic N) is 1. The van der Waals surface area contributed by atoms with E-state index in [1.807, 2.05) is 0 Å². The van der Waals surface area contributed by atoms with Gasteiger partial charge in [0.15, 0.2) is 0 Å².